The third-order valence-corrected chi connectivity index (χ3v) is 3.77. The SMILES string of the molecule is CC1(C)CCN(c2ncc(Br)c(N)n2)CC1. The van der Waals surface area contributed by atoms with Gasteiger partial charge in [0.1, 0.15) is 5.82 Å². The molecule has 0 aliphatic carbocycles. The third kappa shape index (κ3) is 2.45. The van der Waals surface area contributed by atoms with E-state index < -0.39 is 0 Å². The van der Waals surface area contributed by atoms with Gasteiger partial charge >= 0.3 is 0 Å². The summed E-state index contributed by atoms with van der Waals surface area (Å²) in [5, 5.41) is 0. The summed E-state index contributed by atoms with van der Waals surface area (Å²) in [6.45, 7) is 6.63. The maximum absolute atomic E-state index is 5.76. The lowest BCUT2D eigenvalue weighted by Crippen LogP contribution is -2.38. The van der Waals surface area contributed by atoms with Gasteiger partial charge < -0.3 is 10.6 Å². The number of aromatic nitrogens is 2. The van der Waals surface area contributed by atoms with Crippen LogP contribution in [0.5, 0.6) is 0 Å². The van der Waals surface area contributed by atoms with Crippen molar-refractivity contribution in [1.82, 2.24) is 9.97 Å². The molecule has 0 unspecified atom stereocenters. The highest BCUT2D eigenvalue weighted by atomic mass is 79.9. The zero-order chi connectivity index (χ0) is 11.8. The second kappa shape index (κ2) is 4.20. The van der Waals surface area contributed by atoms with E-state index in [-0.39, 0.29) is 0 Å². The van der Waals surface area contributed by atoms with Crippen molar-refractivity contribution < 1.29 is 0 Å². The maximum atomic E-state index is 5.76. The molecule has 16 heavy (non-hydrogen) atoms. The van der Waals surface area contributed by atoms with Gasteiger partial charge in [0, 0.05) is 19.3 Å². The number of hydrogen-bond acceptors (Lipinski definition) is 4. The van der Waals surface area contributed by atoms with Crippen LogP contribution in [0.3, 0.4) is 0 Å². The molecule has 1 fully saturated rings. The molecule has 0 bridgehead atoms. The van der Waals surface area contributed by atoms with Crippen molar-refractivity contribution in [2.24, 2.45) is 5.41 Å². The molecule has 1 saturated heterocycles. The number of halogens is 1. The molecular weight excluding hydrogens is 268 g/mol. The minimum absolute atomic E-state index is 0.442. The van der Waals surface area contributed by atoms with E-state index in [0.29, 0.717) is 11.2 Å². The molecule has 0 radical (unpaired) electrons. The number of nitrogens with zero attached hydrogens (tertiary/aromatic N) is 3. The van der Waals surface area contributed by atoms with Gasteiger partial charge in [-0.3, -0.25) is 0 Å². The molecule has 1 aliphatic rings. The van der Waals surface area contributed by atoms with Crippen LogP contribution in [0.15, 0.2) is 10.7 Å². The van der Waals surface area contributed by atoms with E-state index in [9.17, 15) is 0 Å². The first kappa shape index (κ1) is 11.6. The first-order chi connectivity index (χ1) is 7.48. The van der Waals surface area contributed by atoms with Crippen molar-refractivity contribution >= 4 is 27.7 Å². The smallest absolute Gasteiger partial charge is 0.227 e. The van der Waals surface area contributed by atoms with Gasteiger partial charge in [-0.05, 0) is 34.2 Å². The molecule has 1 aromatic rings. The average molecular weight is 285 g/mol. The lowest BCUT2D eigenvalue weighted by Gasteiger charge is -2.36. The van der Waals surface area contributed by atoms with Crippen LogP contribution in [0.1, 0.15) is 26.7 Å². The van der Waals surface area contributed by atoms with E-state index in [1.165, 1.54) is 12.8 Å². The molecule has 1 aliphatic heterocycles. The van der Waals surface area contributed by atoms with Crippen LogP contribution >= 0.6 is 15.9 Å². The fourth-order valence-electron chi connectivity index (χ4n) is 1.83. The second-order valence-corrected chi connectivity index (χ2v) is 5.91. The lowest BCUT2D eigenvalue weighted by atomic mass is 9.83. The topological polar surface area (TPSA) is 55.0 Å². The molecule has 88 valence electrons. The minimum Gasteiger partial charge on any atom is -0.383 e. The normalized spacial score (nSPS) is 19.8. The number of hydrogen-bond donors (Lipinski definition) is 1. The molecule has 5 heteroatoms. The van der Waals surface area contributed by atoms with Gasteiger partial charge in [-0.1, -0.05) is 13.8 Å². The van der Waals surface area contributed by atoms with Crippen LogP contribution in [0.25, 0.3) is 0 Å². The highest BCUT2D eigenvalue weighted by Crippen LogP contribution is 2.31. The van der Waals surface area contributed by atoms with Crippen LogP contribution in [0.2, 0.25) is 0 Å². The molecule has 0 saturated carbocycles. The standard InChI is InChI=1S/C11H17BrN4/c1-11(2)3-5-16(6-4-11)10-14-7-8(12)9(13)15-10/h7H,3-6H2,1-2H3,(H2,13,14,15). The van der Waals surface area contributed by atoms with Crippen molar-refractivity contribution in [2.75, 3.05) is 23.7 Å². The van der Waals surface area contributed by atoms with Gasteiger partial charge in [0.2, 0.25) is 5.95 Å². The van der Waals surface area contributed by atoms with E-state index >= 15 is 0 Å². The molecule has 1 aromatic heterocycles. The number of piperidine rings is 1. The summed E-state index contributed by atoms with van der Waals surface area (Å²) < 4.78 is 0.758. The van der Waals surface area contributed by atoms with Gasteiger partial charge in [0.05, 0.1) is 4.47 Å². The van der Waals surface area contributed by atoms with Crippen molar-refractivity contribution in [3.63, 3.8) is 0 Å². The van der Waals surface area contributed by atoms with E-state index in [0.717, 1.165) is 23.5 Å². The number of rotatable bonds is 1. The summed E-state index contributed by atoms with van der Waals surface area (Å²) in [6, 6.07) is 0. The first-order valence-electron chi connectivity index (χ1n) is 5.51. The number of nitrogens with two attached hydrogens (primary N) is 1. The Morgan fingerprint density at radius 2 is 2.00 bits per heavy atom. The Balaban J connectivity index is 2.11. The van der Waals surface area contributed by atoms with Gasteiger partial charge in [-0.25, -0.2) is 4.98 Å². The van der Waals surface area contributed by atoms with E-state index in [1.54, 1.807) is 6.20 Å². The van der Waals surface area contributed by atoms with E-state index in [1.807, 2.05) is 0 Å². The Bertz CT molecular complexity index is 382. The lowest BCUT2D eigenvalue weighted by molar-refractivity contribution is 0.278. The summed E-state index contributed by atoms with van der Waals surface area (Å²) in [4.78, 5) is 10.8. The number of anilines is 2. The quantitative estimate of drug-likeness (QED) is 0.861. The molecule has 0 atom stereocenters. The Labute approximate surface area is 104 Å². The Morgan fingerprint density at radius 3 is 2.56 bits per heavy atom. The van der Waals surface area contributed by atoms with Crippen molar-refractivity contribution in [3.05, 3.63) is 10.7 Å². The molecular formula is C11H17BrN4. The van der Waals surface area contributed by atoms with E-state index in [2.05, 4.69) is 44.6 Å². The highest BCUT2D eigenvalue weighted by Gasteiger charge is 2.26. The zero-order valence-corrected chi connectivity index (χ0v) is 11.3. The summed E-state index contributed by atoms with van der Waals surface area (Å²) in [7, 11) is 0. The average Bonchev–Trinajstić information content (AvgIpc) is 2.22. The fraction of sp³-hybridized carbons (Fsp3) is 0.636. The van der Waals surface area contributed by atoms with Gasteiger partial charge in [-0.15, -0.1) is 0 Å². The largest absolute Gasteiger partial charge is 0.383 e. The third-order valence-electron chi connectivity index (χ3n) is 3.16. The van der Waals surface area contributed by atoms with Crippen LogP contribution < -0.4 is 10.6 Å². The molecule has 4 nitrogen and oxygen atoms in total. The Hall–Kier alpha value is -0.840. The minimum atomic E-state index is 0.442. The second-order valence-electron chi connectivity index (χ2n) is 5.05. The maximum Gasteiger partial charge on any atom is 0.227 e. The van der Waals surface area contributed by atoms with Crippen molar-refractivity contribution in [1.29, 1.82) is 0 Å². The summed E-state index contributed by atoms with van der Waals surface area (Å²) in [5.74, 6) is 1.26. The highest BCUT2D eigenvalue weighted by molar-refractivity contribution is 9.10. The molecule has 0 spiro atoms. The predicted molar refractivity (Wildman–Crippen MR) is 69.4 cm³/mol. The van der Waals surface area contributed by atoms with Gasteiger partial charge in [-0.2, -0.15) is 4.98 Å². The first-order valence-corrected chi connectivity index (χ1v) is 6.30. The fourth-order valence-corrected chi connectivity index (χ4v) is 2.03. The molecule has 2 rings (SSSR count). The number of nitrogen functional groups attached to an aromatic ring is 1. The van der Waals surface area contributed by atoms with Crippen LogP contribution in [0, 0.1) is 5.41 Å². The predicted octanol–water partition coefficient (Wildman–Crippen LogP) is 2.45. The van der Waals surface area contributed by atoms with Crippen LogP contribution in [0.4, 0.5) is 11.8 Å². The summed E-state index contributed by atoms with van der Waals surface area (Å²) in [6.07, 6.45) is 4.07. The summed E-state index contributed by atoms with van der Waals surface area (Å²) in [5.41, 5.74) is 6.20. The van der Waals surface area contributed by atoms with Crippen LogP contribution in [-0.2, 0) is 0 Å². The molecule has 0 amide bonds. The van der Waals surface area contributed by atoms with E-state index in [4.69, 9.17) is 5.73 Å². The Morgan fingerprint density at radius 1 is 1.38 bits per heavy atom. The summed E-state index contributed by atoms with van der Waals surface area (Å²) >= 11 is 3.30. The molecule has 2 N–H and O–H groups in total. The molecule has 2 heterocycles. The van der Waals surface area contributed by atoms with Crippen molar-refractivity contribution in [2.45, 2.75) is 26.7 Å². The van der Waals surface area contributed by atoms with Gasteiger partial charge in [0.15, 0.2) is 0 Å². The zero-order valence-electron chi connectivity index (χ0n) is 9.70. The van der Waals surface area contributed by atoms with Crippen molar-refractivity contribution in [3.8, 4) is 0 Å². The monoisotopic (exact) mass is 284 g/mol. The van der Waals surface area contributed by atoms with Crippen LogP contribution in [-0.4, -0.2) is 23.1 Å². The Kier molecular flexibility index (Phi) is 3.06. The van der Waals surface area contributed by atoms with Gasteiger partial charge in [0.25, 0.3) is 0 Å². The molecule has 0 aromatic carbocycles.